The molecule has 0 unspecified atom stereocenters. The minimum absolute atomic E-state index is 0.0707. The highest BCUT2D eigenvalue weighted by Gasteiger charge is 2.16. The number of carboxylic acid groups (broad SMARTS) is 1. The van der Waals surface area contributed by atoms with Crippen LogP contribution in [0.25, 0.3) is 11.3 Å². The molecule has 4 aromatic rings. The number of anilines is 1. The number of nitrogens with zero attached hydrogens (tertiary/aromatic N) is 3. The molecule has 0 radical (unpaired) electrons. The Kier molecular flexibility index (Phi) is 6.42. The van der Waals surface area contributed by atoms with Gasteiger partial charge in [-0.05, 0) is 60.2 Å². The lowest BCUT2D eigenvalue weighted by Crippen LogP contribution is -2.16. The summed E-state index contributed by atoms with van der Waals surface area (Å²) >= 11 is 5.93. The Morgan fingerprint density at radius 3 is 2.21 bits per heavy atom. The predicted octanol–water partition coefficient (Wildman–Crippen LogP) is 5.60. The highest BCUT2D eigenvalue weighted by atomic mass is 35.5. The lowest BCUT2D eigenvalue weighted by molar-refractivity contribution is -0.115. The molecule has 1 heterocycles. The molecule has 0 aliphatic carbocycles. The summed E-state index contributed by atoms with van der Waals surface area (Å²) in [5, 5.41) is 14.1. The molecule has 4 rings (SSSR count). The van der Waals surface area contributed by atoms with Gasteiger partial charge in [0.1, 0.15) is 17.2 Å². The van der Waals surface area contributed by atoms with Gasteiger partial charge in [0.2, 0.25) is 5.91 Å². The Morgan fingerprint density at radius 1 is 0.970 bits per heavy atom. The van der Waals surface area contributed by atoms with Crippen LogP contribution >= 0.6 is 11.8 Å². The van der Waals surface area contributed by atoms with Gasteiger partial charge in [0, 0.05) is 24.3 Å². The number of halogens is 1. The van der Waals surface area contributed by atoms with Gasteiger partial charge in [-0.2, -0.15) is 5.10 Å². The maximum Gasteiger partial charge on any atom is 0.354 e. The van der Waals surface area contributed by atoms with Crippen LogP contribution in [-0.4, -0.2) is 26.8 Å². The number of hydrogen-bond acceptors (Lipinski definition) is 4. The zero-order valence-electron chi connectivity index (χ0n) is 17.7. The molecule has 1 amide bonds. The van der Waals surface area contributed by atoms with Crippen LogP contribution in [0.5, 0.6) is 11.5 Å². The number of aromatic carboxylic acids is 1. The van der Waals surface area contributed by atoms with Crippen LogP contribution in [0.15, 0.2) is 84.9 Å². The average Bonchev–Trinajstić information content (AvgIpc) is 3.24. The maximum atomic E-state index is 11.8. The van der Waals surface area contributed by atoms with E-state index in [2.05, 4.69) is 5.10 Å². The number of carbonyl (C=O) groups excluding carboxylic acids is 1. The molecule has 0 saturated heterocycles. The Morgan fingerprint density at radius 2 is 1.61 bits per heavy atom. The SMILES string of the molecule is CC(=O)N(Cl)c1ccc(Cn2nc(-c3ccc(Oc4ccccc4)cc3)cc2C(=O)O)cc1. The number of carboxylic acids is 1. The zero-order valence-corrected chi connectivity index (χ0v) is 18.4. The molecule has 0 aliphatic rings. The van der Waals surface area contributed by atoms with Gasteiger partial charge < -0.3 is 9.84 Å². The van der Waals surface area contributed by atoms with E-state index in [4.69, 9.17) is 16.5 Å². The van der Waals surface area contributed by atoms with E-state index < -0.39 is 5.97 Å². The molecule has 3 aromatic carbocycles. The van der Waals surface area contributed by atoms with Crippen LogP contribution in [0.1, 0.15) is 23.0 Å². The number of amides is 1. The topological polar surface area (TPSA) is 84.7 Å². The van der Waals surface area contributed by atoms with Crippen LogP contribution in [0.2, 0.25) is 0 Å². The van der Waals surface area contributed by atoms with E-state index >= 15 is 0 Å². The number of aromatic nitrogens is 2. The van der Waals surface area contributed by atoms with Crippen LogP contribution in [0, 0.1) is 0 Å². The fourth-order valence-corrected chi connectivity index (χ4v) is 3.37. The van der Waals surface area contributed by atoms with Crippen molar-refractivity contribution in [3.05, 3.63) is 96.2 Å². The second kappa shape index (κ2) is 9.58. The number of carbonyl (C=O) groups is 2. The summed E-state index contributed by atoms with van der Waals surface area (Å²) in [5.41, 5.74) is 2.73. The van der Waals surface area contributed by atoms with E-state index in [1.54, 1.807) is 30.3 Å². The number of rotatable bonds is 7. The van der Waals surface area contributed by atoms with Crippen LogP contribution in [0.3, 0.4) is 0 Å². The summed E-state index contributed by atoms with van der Waals surface area (Å²) in [6.07, 6.45) is 0. The first kappa shape index (κ1) is 22.1. The molecule has 0 aliphatic heterocycles. The Hall–Kier alpha value is -4.10. The van der Waals surface area contributed by atoms with E-state index in [0.29, 0.717) is 17.1 Å². The van der Waals surface area contributed by atoms with Gasteiger partial charge >= 0.3 is 5.97 Å². The van der Waals surface area contributed by atoms with Gasteiger partial charge in [-0.3, -0.25) is 9.48 Å². The molecule has 33 heavy (non-hydrogen) atoms. The lowest BCUT2D eigenvalue weighted by Gasteiger charge is -2.12. The number of ether oxygens (including phenoxy) is 1. The third kappa shape index (κ3) is 5.22. The highest BCUT2D eigenvalue weighted by Crippen LogP contribution is 2.26. The number of hydrogen-bond donors (Lipinski definition) is 1. The second-order valence-electron chi connectivity index (χ2n) is 7.28. The van der Waals surface area contributed by atoms with Crippen molar-refractivity contribution < 1.29 is 19.4 Å². The summed E-state index contributed by atoms with van der Waals surface area (Å²) in [4.78, 5) is 23.2. The monoisotopic (exact) mass is 461 g/mol. The second-order valence-corrected chi connectivity index (χ2v) is 7.62. The standard InChI is InChI=1S/C25H20ClN3O4/c1-17(30)29(26)20-11-7-18(8-12-20)16-28-24(25(31)32)15-23(27-28)19-9-13-22(14-10-19)33-21-5-3-2-4-6-21/h2-15H,16H2,1H3,(H,31,32). The third-order valence-electron chi connectivity index (χ3n) is 4.90. The van der Waals surface area contributed by atoms with Crippen LogP contribution in [-0.2, 0) is 11.3 Å². The third-order valence-corrected chi connectivity index (χ3v) is 5.33. The molecule has 166 valence electrons. The van der Waals surface area contributed by atoms with Gasteiger partial charge in [-0.1, -0.05) is 30.3 Å². The van der Waals surface area contributed by atoms with Crippen molar-refractivity contribution in [3.8, 4) is 22.8 Å². The fourth-order valence-electron chi connectivity index (χ4n) is 3.26. The van der Waals surface area contributed by atoms with E-state index in [1.807, 2.05) is 54.6 Å². The predicted molar refractivity (Wildman–Crippen MR) is 126 cm³/mol. The van der Waals surface area contributed by atoms with Crippen molar-refractivity contribution >= 4 is 29.3 Å². The van der Waals surface area contributed by atoms with Gasteiger partial charge in [-0.15, -0.1) is 0 Å². The van der Waals surface area contributed by atoms with Crippen molar-refractivity contribution in [2.75, 3.05) is 4.42 Å². The molecule has 1 N–H and O–H groups in total. The van der Waals surface area contributed by atoms with Crippen molar-refractivity contribution in [2.24, 2.45) is 0 Å². The quantitative estimate of drug-likeness (QED) is 0.362. The molecule has 0 saturated carbocycles. The normalized spacial score (nSPS) is 10.6. The summed E-state index contributed by atoms with van der Waals surface area (Å²) < 4.78 is 8.26. The smallest absolute Gasteiger partial charge is 0.354 e. The summed E-state index contributed by atoms with van der Waals surface area (Å²) in [6.45, 7) is 1.62. The minimum Gasteiger partial charge on any atom is -0.477 e. The largest absolute Gasteiger partial charge is 0.477 e. The molecule has 0 fully saturated rings. The molecule has 8 heteroatoms. The first-order valence-electron chi connectivity index (χ1n) is 10.1. The summed E-state index contributed by atoms with van der Waals surface area (Å²) in [6, 6.07) is 25.2. The molecule has 0 spiro atoms. The zero-order chi connectivity index (χ0) is 23.4. The first-order chi connectivity index (χ1) is 15.9. The van der Waals surface area contributed by atoms with Gasteiger partial charge in [0.15, 0.2) is 0 Å². The van der Waals surface area contributed by atoms with Crippen LogP contribution in [0.4, 0.5) is 5.69 Å². The van der Waals surface area contributed by atoms with E-state index in [9.17, 15) is 14.7 Å². The van der Waals surface area contributed by atoms with Crippen molar-refractivity contribution in [2.45, 2.75) is 13.5 Å². The number of para-hydroxylation sites is 1. The minimum atomic E-state index is -1.07. The van der Waals surface area contributed by atoms with Crippen molar-refractivity contribution in [3.63, 3.8) is 0 Å². The van der Waals surface area contributed by atoms with Crippen molar-refractivity contribution in [1.29, 1.82) is 0 Å². The van der Waals surface area contributed by atoms with E-state index in [-0.39, 0.29) is 18.1 Å². The molecule has 7 nitrogen and oxygen atoms in total. The Bertz CT molecular complexity index is 1270. The summed E-state index contributed by atoms with van der Waals surface area (Å²) in [7, 11) is 0. The average molecular weight is 462 g/mol. The molecular formula is C25H20ClN3O4. The number of benzene rings is 3. The Balaban J connectivity index is 1.54. The van der Waals surface area contributed by atoms with Gasteiger partial charge in [-0.25, -0.2) is 9.21 Å². The maximum absolute atomic E-state index is 11.8. The van der Waals surface area contributed by atoms with E-state index in [1.165, 1.54) is 11.6 Å². The fraction of sp³-hybridized carbons (Fsp3) is 0.0800. The first-order valence-corrected chi connectivity index (χ1v) is 10.4. The van der Waals surface area contributed by atoms with Gasteiger partial charge in [0.05, 0.1) is 17.9 Å². The van der Waals surface area contributed by atoms with Crippen molar-refractivity contribution in [1.82, 2.24) is 9.78 Å². The van der Waals surface area contributed by atoms with Gasteiger partial charge in [0.25, 0.3) is 0 Å². The Labute approximate surface area is 195 Å². The lowest BCUT2D eigenvalue weighted by atomic mass is 10.1. The molecular weight excluding hydrogens is 442 g/mol. The highest BCUT2D eigenvalue weighted by molar-refractivity contribution is 6.36. The molecule has 1 aromatic heterocycles. The van der Waals surface area contributed by atoms with Crippen LogP contribution < -0.4 is 9.16 Å². The molecule has 0 atom stereocenters. The van der Waals surface area contributed by atoms with E-state index in [0.717, 1.165) is 21.3 Å². The molecule has 0 bridgehead atoms. The summed E-state index contributed by atoms with van der Waals surface area (Å²) in [5.74, 6) is 0.0310.